The standard InChI is InChI=1S/C27H35F2N.C2H3N/c1-3-30(20-22-10-5-4-6-11-22)21(2)14-15-23-24(26(28)16-8-17-26)12-7-13-25(23)27(29)18-9-19-27;1-2-3/h4-7,10-13,21H,3,8-9,14-20H2,1-2H3;1H3. The van der Waals surface area contributed by atoms with E-state index in [0.29, 0.717) is 31.7 Å². The van der Waals surface area contributed by atoms with E-state index in [1.807, 2.05) is 24.3 Å². The van der Waals surface area contributed by atoms with Gasteiger partial charge in [-0.3, -0.25) is 4.90 Å². The number of rotatable bonds is 9. The molecular weight excluding hydrogens is 414 g/mol. The van der Waals surface area contributed by atoms with Crippen molar-refractivity contribution < 1.29 is 8.78 Å². The fraction of sp³-hybridized carbons (Fsp3) is 0.552. The number of nitriles is 1. The van der Waals surface area contributed by atoms with Crippen LogP contribution in [0.25, 0.3) is 0 Å². The van der Waals surface area contributed by atoms with Crippen LogP contribution < -0.4 is 0 Å². The molecule has 2 aliphatic rings. The molecule has 4 heteroatoms. The summed E-state index contributed by atoms with van der Waals surface area (Å²) in [5, 5.41) is 7.32. The van der Waals surface area contributed by atoms with Crippen LogP contribution in [0.4, 0.5) is 8.78 Å². The molecule has 0 aliphatic heterocycles. The second kappa shape index (κ2) is 11.3. The van der Waals surface area contributed by atoms with Crippen LogP contribution in [-0.2, 0) is 24.3 Å². The summed E-state index contributed by atoms with van der Waals surface area (Å²) in [6.07, 6.45) is 5.82. The van der Waals surface area contributed by atoms with Gasteiger partial charge in [0.1, 0.15) is 11.3 Å². The Morgan fingerprint density at radius 2 is 1.45 bits per heavy atom. The van der Waals surface area contributed by atoms with Crippen LogP contribution in [0.3, 0.4) is 0 Å². The molecule has 33 heavy (non-hydrogen) atoms. The van der Waals surface area contributed by atoms with E-state index in [4.69, 9.17) is 5.26 Å². The predicted octanol–water partition coefficient (Wildman–Crippen LogP) is 7.76. The summed E-state index contributed by atoms with van der Waals surface area (Å²) in [6.45, 7) is 7.74. The van der Waals surface area contributed by atoms with Crippen molar-refractivity contribution >= 4 is 0 Å². The highest BCUT2D eigenvalue weighted by molar-refractivity contribution is 5.44. The summed E-state index contributed by atoms with van der Waals surface area (Å²) in [4.78, 5) is 2.46. The zero-order valence-electron chi connectivity index (χ0n) is 20.4. The molecule has 0 aromatic heterocycles. The van der Waals surface area contributed by atoms with Crippen molar-refractivity contribution in [1.82, 2.24) is 4.90 Å². The molecule has 2 aromatic rings. The molecule has 2 fully saturated rings. The van der Waals surface area contributed by atoms with Crippen LogP contribution in [0.1, 0.15) is 88.0 Å². The Labute approximate surface area is 198 Å². The van der Waals surface area contributed by atoms with Gasteiger partial charge in [0, 0.05) is 19.5 Å². The molecule has 0 bridgehead atoms. The lowest BCUT2D eigenvalue weighted by atomic mass is 9.69. The molecular formula is C29H38F2N2. The van der Waals surface area contributed by atoms with Gasteiger partial charge in [-0.1, -0.05) is 55.5 Å². The molecule has 2 aliphatic carbocycles. The van der Waals surface area contributed by atoms with Gasteiger partial charge >= 0.3 is 0 Å². The van der Waals surface area contributed by atoms with Crippen molar-refractivity contribution in [2.75, 3.05) is 6.54 Å². The number of hydrogen-bond donors (Lipinski definition) is 0. The lowest BCUT2D eigenvalue weighted by molar-refractivity contribution is 0.0512. The summed E-state index contributed by atoms with van der Waals surface area (Å²) in [6, 6.07) is 18.4. The van der Waals surface area contributed by atoms with Crippen molar-refractivity contribution in [3.05, 3.63) is 70.8 Å². The first kappa shape index (κ1) is 25.4. The van der Waals surface area contributed by atoms with Gasteiger partial charge in [0.2, 0.25) is 0 Å². The van der Waals surface area contributed by atoms with E-state index < -0.39 is 11.3 Å². The molecule has 1 atom stereocenters. The minimum atomic E-state index is -1.25. The molecule has 1 unspecified atom stereocenters. The highest BCUT2D eigenvalue weighted by Gasteiger charge is 2.45. The maximum absolute atomic E-state index is 15.5. The van der Waals surface area contributed by atoms with Crippen molar-refractivity contribution in [3.63, 3.8) is 0 Å². The lowest BCUT2D eigenvalue weighted by Gasteiger charge is -2.40. The van der Waals surface area contributed by atoms with E-state index in [9.17, 15) is 0 Å². The van der Waals surface area contributed by atoms with E-state index in [0.717, 1.165) is 55.5 Å². The van der Waals surface area contributed by atoms with Crippen LogP contribution in [-0.4, -0.2) is 17.5 Å². The van der Waals surface area contributed by atoms with E-state index in [1.54, 1.807) is 6.07 Å². The maximum atomic E-state index is 15.5. The number of halogens is 2. The third kappa shape index (κ3) is 5.82. The molecule has 0 saturated heterocycles. The summed E-state index contributed by atoms with van der Waals surface area (Å²) in [7, 11) is 0. The fourth-order valence-electron chi connectivity index (χ4n) is 5.14. The van der Waals surface area contributed by atoms with E-state index in [-0.39, 0.29) is 0 Å². The SMILES string of the molecule is CC#N.CCN(Cc1ccccc1)C(C)CCc1c(C2(F)CCC2)cccc1C1(F)CCC1. The third-order valence-electron chi connectivity index (χ3n) is 7.50. The smallest absolute Gasteiger partial charge is 0.136 e. The van der Waals surface area contributed by atoms with Gasteiger partial charge in [-0.25, -0.2) is 8.78 Å². The topological polar surface area (TPSA) is 27.0 Å². The molecule has 2 saturated carbocycles. The molecule has 2 nitrogen and oxygen atoms in total. The van der Waals surface area contributed by atoms with Gasteiger partial charge in [0.15, 0.2) is 0 Å². The van der Waals surface area contributed by atoms with Gasteiger partial charge < -0.3 is 0 Å². The van der Waals surface area contributed by atoms with E-state index >= 15 is 8.78 Å². The molecule has 0 spiro atoms. The molecule has 0 N–H and O–H groups in total. The summed E-state index contributed by atoms with van der Waals surface area (Å²) in [5.41, 5.74) is 1.32. The molecule has 0 heterocycles. The van der Waals surface area contributed by atoms with Crippen molar-refractivity contribution in [1.29, 1.82) is 5.26 Å². The number of hydrogen-bond acceptors (Lipinski definition) is 2. The number of benzene rings is 2. The van der Waals surface area contributed by atoms with E-state index in [1.165, 1.54) is 12.5 Å². The normalized spacial score (nSPS) is 18.8. The van der Waals surface area contributed by atoms with Gasteiger partial charge in [-0.05, 0) is 87.1 Å². The maximum Gasteiger partial charge on any atom is 0.136 e. The van der Waals surface area contributed by atoms with Crippen LogP contribution in [0.5, 0.6) is 0 Å². The molecule has 4 rings (SSSR count). The molecule has 0 amide bonds. The minimum absolute atomic E-state index is 0.352. The Hall–Kier alpha value is -2.25. The van der Waals surface area contributed by atoms with Crippen LogP contribution >= 0.6 is 0 Å². The quantitative estimate of drug-likeness (QED) is 0.389. The Balaban J connectivity index is 0.000000968. The van der Waals surface area contributed by atoms with Crippen molar-refractivity contribution in [2.45, 2.75) is 96.1 Å². The Bertz CT molecular complexity index is 888. The summed E-state index contributed by atoms with van der Waals surface area (Å²) >= 11 is 0. The average Bonchev–Trinajstić information content (AvgIpc) is 2.79. The van der Waals surface area contributed by atoms with Gasteiger partial charge in [0.25, 0.3) is 0 Å². The minimum Gasteiger partial charge on any atom is -0.297 e. The number of alkyl halides is 2. The predicted molar refractivity (Wildman–Crippen MR) is 131 cm³/mol. The average molecular weight is 453 g/mol. The van der Waals surface area contributed by atoms with Crippen molar-refractivity contribution in [3.8, 4) is 6.07 Å². The van der Waals surface area contributed by atoms with Crippen molar-refractivity contribution in [2.24, 2.45) is 0 Å². The zero-order valence-corrected chi connectivity index (χ0v) is 20.4. The molecule has 2 aromatic carbocycles. The highest BCUT2D eigenvalue weighted by Crippen LogP contribution is 2.51. The largest absolute Gasteiger partial charge is 0.297 e. The Morgan fingerprint density at radius 3 is 1.88 bits per heavy atom. The van der Waals surface area contributed by atoms with Crippen LogP contribution in [0.2, 0.25) is 0 Å². The molecule has 0 radical (unpaired) electrons. The third-order valence-corrected chi connectivity index (χ3v) is 7.50. The Kier molecular flexibility index (Phi) is 8.65. The van der Waals surface area contributed by atoms with Gasteiger partial charge in [-0.15, -0.1) is 0 Å². The number of nitrogens with zero attached hydrogens (tertiary/aromatic N) is 2. The summed E-state index contributed by atoms with van der Waals surface area (Å²) in [5.74, 6) is 0. The summed E-state index contributed by atoms with van der Waals surface area (Å²) < 4.78 is 31.0. The highest BCUT2D eigenvalue weighted by atomic mass is 19.1. The monoisotopic (exact) mass is 452 g/mol. The van der Waals surface area contributed by atoms with Crippen LogP contribution in [0, 0.1) is 11.3 Å². The second-order valence-electron chi connectivity index (χ2n) is 9.63. The first-order valence-electron chi connectivity index (χ1n) is 12.5. The van der Waals surface area contributed by atoms with E-state index in [2.05, 4.69) is 43.0 Å². The zero-order chi connectivity index (χ0) is 23.9. The first-order valence-corrected chi connectivity index (χ1v) is 12.5. The molecule has 178 valence electrons. The second-order valence-corrected chi connectivity index (χ2v) is 9.63. The lowest BCUT2D eigenvalue weighted by Crippen LogP contribution is -2.36. The Morgan fingerprint density at radius 1 is 0.939 bits per heavy atom. The van der Waals surface area contributed by atoms with Gasteiger partial charge in [-0.2, -0.15) is 5.26 Å². The first-order chi connectivity index (χ1) is 15.9. The van der Waals surface area contributed by atoms with Crippen LogP contribution in [0.15, 0.2) is 48.5 Å². The fourth-order valence-corrected chi connectivity index (χ4v) is 5.14. The van der Waals surface area contributed by atoms with Gasteiger partial charge in [0.05, 0.1) is 6.07 Å².